The molecule has 0 radical (unpaired) electrons. The molecule has 1 saturated carbocycles. The second kappa shape index (κ2) is 7.31. The third-order valence-corrected chi connectivity index (χ3v) is 6.95. The Labute approximate surface area is 162 Å². The van der Waals surface area contributed by atoms with Gasteiger partial charge in [0.25, 0.3) is 0 Å². The van der Waals surface area contributed by atoms with Crippen LogP contribution in [0.5, 0.6) is 5.75 Å². The lowest BCUT2D eigenvalue weighted by atomic mass is 9.59. The van der Waals surface area contributed by atoms with Crippen molar-refractivity contribution in [2.75, 3.05) is 13.7 Å². The van der Waals surface area contributed by atoms with Crippen molar-refractivity contribution in [3.63, 3.8) is 0 Å². The van der Waals surface area contributed by atoms with E-state index in [2.05, 4.69) is 31.3 Å². The normalized spacial score (nSPS) is 35.1. The van der Waals surface area contributed by atoms with Crippen molar-refractivity contribution in [3.05, 3.63) is 41.5 Å². The average molecular weight is 370 g/mol. The van der Waals surface area contributed by atoms with Crippen LogP contribution in [0.2, 0.25) is 0 Å². The highest BCUT2D eigenvalue weighted by Crippen LogP contribution is 2.53. The van der Waals surface area contributed by atoms with Crippen LogP contribution in [0.1, 0.15) is 45.1 Å². The molecule has 5 atom stereocenters. The number of nitrogens with one attached hydrogen (secondary N) is 1. The zero-order chi connectivity index (χ0) is 19.0. The summed E-state index contributed by atoms with van der Waals surface area (Å²) in [6.07, 6.45) is 7.23. The van der Waals surface area contributed by atoms with E-state index in [1.165, 1.54) is 19.3 Å². The number of carbonyl (C=O) groups excluding carboxylic acids is 1. The van der Waals surface area contributed by atoms with Gasteiger partial charge in [-0.2, -0.15) is 0 Å². The monoisotopic (exact) mass is 369 g/mol. The summed E-state index contributed by atoms with van der Waals surface area (Å²) in [6, 6.07) is 8.00. The molecule has 1 heterocycles. The average Bonchev–Trinajstić information content (AvgIpc) is 2.94. The number of hydrogen-bond acceptors (Lipinski definition) is 4. The van der Waals surface area contributed by atoms with Gasteiger partial charge in [-0.05, 0) is 36.7 Å². The van der Waals surface area contributed by atoms with E-state index in [1.54, 1.807) is 12.7 Å². The fourth-order valence-corrected chi connectivity index (χ4v) is 5.49. The van der Waals surface area contributed by atoms with Gasteiger partial charge in [0.1, 0.15) is 11.9 Å². The predicted molar refractivity (Wildman–Crippen MR) is 105 cm³/mol. The first-order valence-corrected chi connectivity index (χ1v) is 10.3. The summed E-state index contributed by atoms with van der Waals surface area (Å²) in [7, 11) is 1.69. The molecule has 0 spiro atoms. The quantitative estimate of drug-likeness (QED) is 0.627. The molecule has 4 nitrogen and oxygen atoms in total. The van der Waals surface area contributed by atoms with Gasteiger partial charge in [0.05, 0.1) is 13.0 Å². The molecule has 0 amide bonds. The van der Waals surface area contributed by atoms with Crippen LogP contribution in [0.4, 0.5) is 0 Å². The molecule has 1 saturated heterocycles. The lowest BCUT2D eigenvalue weighted by Gasteiger charge is -2.46. The molecule has 1 aromatic carbocycles. The minimum Gasteiger partial charge on any atom is -0.496 e. The number of para-hydroxylation sites is 1. The number of hydrogen-bond donors (Lipinski definition) is 1. The van der Waals surface area contributed by atoms with Crippen LogP contribution in [-0.4, -0.2) is 25.7 Å². The molecule has 1 aliphatic heterocycles. The number of fused-ring (bicyclic) bond motifs is 2. The topological polar surface area (TPSA) is 47.6 Å². The number of methoxy groups -OCH3 is 1. The first-order valence-electron chi connectivity index (χ1n) is 10.3. The minimum atomic E-state index is -0.0871. The van der Waals surface area contributed by atoms with E-state index in [1.807, 2.05) is 18.2 Å². The van der Waals surface area contributed by atoms with E-state index in [9.17, 15) is 4.79 Å². The molecule has 1 aromatic rings. The Kier molecular flexibility index (Phi) is 5.02. The van der Waals surface area contributed by atoms with E-state index in [0.717, 1.165) is 17.7 Å². The highest BCUT2D eigenvalue weighted by molar-refractivity contribution is 5.76. The summed E-state index contributed by atoms with van der Waals surface area (Å²) in [4.78, 5) is 12.6. The fourth-order valence-electron chi connectivity index (χ4n) is 5.49. The lowest BCUT2D eigenvalue weighted by molar-refractivity contribution is -0.145. The zero-order valence-corrected chi connectivity index (χ0v) is 16.7. The van der Waals surface area contributed by atoms with Crippen LogP contribution in [0.3, 0.4) is 0 Å². The molecule has 27 heavy (non-hydrogen) atoms. The molecule has 4 rings (SSSR count). The third kappa shape index (κ3) is 3.40. The van der Waals surface area contributed by atoms with Gasteiger partial charge in [0, 0.05) is 24.6 Å². The molecular weight excluding hydrogens is 338 g/mol. The van der Waals surface area contributed by atoms with Crippen LogP contribution < -0.4 is 10.1 Å². The highest BCUT2D eigenvalue weighted by atomic mass is 16.6. The van der Waals surface area contributed by atoms with Crippen molar-refractivity contribution in [1.29, 1.82) is 0 Å². The number of benzene rings is 1. The molecule has 2 aliphatic carbocycles. The van der Waals surface area contributed by atoms with Gasteiger partial charge in [-0.15, -0.1) is 0 Å². The SMILES string of the molecule is COc1ccccc1CNCC1C(=O)OC2CC3(C)CCCC(C)C3=CC21. The summed E-state index contributed by atoms with van der Waals surface area (Å²) in [6.45, 7) is 6.05. The van der Waals surface area contributed by atoms with Crippen molar-refractivity contribution in [1.82, 2.24) is 5.32 Å². The van der Waals surface area contributed by atoms with Gasteiger partial charge >= 0.3 is 5.97 Å². The van der Waals surface area contributed by atoms with Crippen molar-refractivity contribution < 1.29 is 14.3 Å². The molecule has 0 bridgehead atoms. The lowest BCUT2D eigenvalue weighted by Crippen LogP contribution is -2.40. The Morgan fingerprint density at radius 2 is 2.15 bits per heavy atom. The standard InChI is InChI=1S/C23H31NO3/c1-15-7-6-10-23(2)12-21-17(11-19(15)23)18(22(25)27-21)14-24-13-16-8-4-5-9-20(16)26-3/h4-5,8-9,11,15,17-18,21,24H,6-7,10,12-14H2,1-3H3. The van der Waals surface area contributed by atoms with Gasteiger partial charge in [-0.3, -0.25) is 4.79 Å². The Hall–Kier alpha value is -1.81. The van der Waals surface area contributed by atoms with Crippen LogP contribution >= 0.6 is 0 Å². The molecule has 4 heteroatoms. The van der Waals surface area contributed by atoms with Gasteiger partial charge in [0.15, 0.2) is 0 Å². The summed E-state index contributed by atoms with van der Waals surface area (Å²) in [5.41, 5.74) is 2.90. The number of rotatable bonds is 5. The van der Waals surface area contributed by atoms with Crippen molar-refractivity contribution in [2.24, 2.45) is 23.2 Å². The first-order chi connectivity index (χ1) is 13.0. The summed E-state index contributed by atoms with van der Waals surface area (Å²) in [5, 5.41) is 3.46. The van der Waals surface area contributed by atoms with Gasteiger partial charge in [-0.1, -0.05) is 50.1 Å². The molecule has 3 aliphatic rings. The second-order valence-electron chi connectivity index (χ2n) is 8.78. The molecule has 5 unspecified atom stereocenters. The smallest absolute Gasteiger partial charge is 0.311 e. The maximum Gasteiger partial charge on any atom is 0.311 e. The molecule has 2 fully saturated rings. The Morgan fingerprint density at radius 1 is 1.33 bits per heavy atom. The van der Waals surface area contributed by atoms with E-state index in [4.69, 9.17) is 9.47 Å². The van der Waals surface area contributed by atoms with Gasteiger partial charge < -0.3 is 14.8 Å². The maximum absolute atomic E-state index is 12.6. The second-order valence-corrected chi connectivity index (χ2v) is 8.78. The third-order valence-electron chi connectivity index (χ3n) is 6.95. The largest absolute Gasteiger partial charge is 0.496 e. The molecule has 0 aromatic heterocycles. The fraction of sp³-hybridized carbons (Fsp3) is 0.609. The Balaban J connectivity index is 1.46. The number of esters is 1. The van der Waals surface area contributed by atoms with Gasteiger partial charge in [-0.25, -0.2) is 0 Å². The summed E-state index contributed by atoms with van der Waals surface area (Å²) >= 11 is 0. The summed E-state index contributed by atoms with van der Waals surface area (Å²) in [5.74, 6) is 1.59. The number of carbonyl (C=O) groups is 1. The van der Waals surface area contributed by atoms with E-state index in [0.29, 0.717) is 19.0 Å². The van der Waals surface area contributed by atoms with Crippen LogP contribution in [0, 0.1) is 23.2 Å². The van der Waals surface area contributed by atoms with Crippen LogP contribution in [0.25, 0.3) is 0 Å². The first kappa shape index (κ1) is 18.5. The number of ether oxygens (including phenoxy) is 2. The van der Waals surface area contributed by atoms with Crippen molar-refractivity contribution in [2.45, 2.75) is 52.2 Å². The maximum atomic E-state index is 12.6. The predicted octanol–water partition coefficient (Wildman–Crippen LogP) is 4.10. The van der Waals surface area contributed by atoms with Crippen molar-refractivity contribution in [3.8, 4) is 5.75 Å². The molecular formula is C23H31NO3. The number of allylic oxidation sites excluding steroid dienone is 1. The van der Waals surface area contributed by atoms with E-state index < -0.39 is 0 Å². The van der Waals surface area contributed by atoms with E-state index in [-0.39, 0.29) is 29.3 Å². The molecule has 146 valence electrons. The Morgan fingerprint density at radius 3 is 2.96 bits per heavy atom. The Bertz CT molecular complexity index is 743. The zero-order valence-electron chi connectivity index (χ0n) is 16.7. The summed E-state index contributed by atoms with van der Waals surface area (Å²) < 4.78 is 11.2. The van der Waals surface area contributed by atoms with Crippen LogP contribution in [0.15, 0.2) is 35.9 Å². The molecule has 1 N–H and O–H groups in total. The minimum absolute atomic E-state index is 0.0377. The highest BCUT2D eigenvalue weighted by Gasteiger charge is 2.51. The van der Waals surface area contributed by atoms with Crippen molar-refractivity contribution >= 4 is 5.97 Å². The van der Waals surface area contributed by atoms with Gasteiger partial charge in [0.2, 0.25) is 0 Å². The van der Waals surface area contributed by atoms with E-state index >= 15 is 0 Å². The van der Waals surface area contributed by atoms with Crippen LogP contribution in [-0.2, 0) is 16.1 Å².